The maximum absolute atomic E-state index is 11.8. The molecule has 2 aromatic carbocycles. The van der Waals surface area contributed by atoms with Gasteiger partial charge in [0, 0.05) is 11.1 Å². The predicted octanol–water partition coefficient (Wildman–Crippen LogP) is 1.23. The number of carbonyl (C=O) groups excluding carboxylic acids is 1. The minimum atomic E-state index is -1.82. The van der Waals surface area contributed by atoms with E-state index in [4.69, 9.17) is 39.6 Å². The van der Waals surface area contributed by atoms with Crippen LogP contribution in [-0.2, 0) is 19.2 Å². The third-order valence-electron chi connectivity index (χ3n) is 2.44. The van der Waals surface area contributed by atoms with Gasteiger partial charge in [-0.25, -0.2) is 19.2 Å². The van der Waals surface area contributed by atoms with Crippen LogP contribution in [0.3, 0.4) is 0 Å². The van der Waals surface area contributed by atoms with Gasteiger partial charge in [-0.05, 0) is 0 Å². The normalized spacial score (nSPS) is 8.62. The number of carboxylic acids is 4. The summed E-state index contributed by atoms with van der Waals surface area (Å²) in [5, 5.41) is 29.6. The molecular formula is C17H14O9. The van der Waals surface area contributed by atoms with E-state index in [-0.39, 0.29) is 5.78 Å². The van der Waals surface area contributed by atoms with Gasteiger partial charge in [-0.15, -0.1) is 0 Å². The summed E-state index contributed by atoms with van der Waals surface area (Å²) in [6.45, 7) is 0. The highest BCUT2D eigenvalue weighted by Gasteiger charge is 2.06. The fourth-order valence-electron chi connectivity index (χ4n) is 1.35. The van der Waals surface area contributed by atoms with Crippen molar-refractivity contribution in [3.63, 3.8) is 0 Å². The van der Waals surface area contributed by atoms with E-state index < -0.39 is 23.9 Å². The molecule has 0 atom stereocenters. The van der Waals surface area contributed by atoms with Gasteiger partial charge in [-0.1, -0.05) is 60.7 Å². The SMILES string of the molecule is O=C(O)C(=O)O.O=C(O)C(=O)O.O=C(c1ccccc1)c1ccccc1. The monoisotopic (exact) mass is 362 g/mol. The number of hydrogen-bond acceptors (Lipinski definition) is 5. The molecule has 2 aromatic rings. The maximum Gasteiger partial charge on any atom is 0.414 e. The van der Waals surface area contributed by atoms with E-state index in [1.165, 1.54) is 0 Å². The highest BCUT2D eigenvalue weighted by molar-refractivity contribution is 6.27. The van der Waals surface area contributed by atoms with Gasteiger partial charge < -0.3 is 20.4 Å². The molecule has 9 heteroatoms. The Morgan fingerprint density at radius 3 is 0.885 bits per heavy atom. The van der Waals surface area contributed by atoms with Gasteiger partial charge in [0.2, 0.25) is 0 Å². The Hall–Kier alpha value is -4.01. The molecule has 0 spiro atoms. The Balaban J connectivity index is 0.000000437. The largest absolute Gasteiger partial charge is 0.473 e. The molecule has 9 nitrogen and oxygen atoms in total. The summed E-state index contributed by atoms with van der Waals surface area (Å²) < 4.78 is 0. The minimum Gasteiger partial charge on any atom is -0.473 e. The van der Waals surface area contributed by atoms with Crippen molar-refractivity contribution >= 4 is 29.7 Å². The standard InChI is InChI=1S/C13H10O.2C2H2O4/c14-13(11-7-3-1-4-8-11)12-9-5-2-6-10-12;2*3-1(4)2(5)6/h1-10H;2*(H,3,4)(H,5,6). The van der Waals surface area contributed by atoms with Crippen molar-refractivity contribution in [2.75, 3.05) is 0 Å². The fraction of sp³-hybridized carbons (Fsp3) is 0. The second kappa shape index (κ2) is 11.5. The predicted molar refractivity (Wildman–Crippen MR) is 86.9 cm³/mol. The van der Waals surface area contributed by atoms with Crippen LogP contribution in [0.15, 0.2) is 60.7 Å². The maximum atomic E-state index is 11.8. The molecule has 0 fully saturated rings. The topological polar surface area (TPSA) is 166 Å². The van der Waals surface area contributed by atoms with Crippen molar-refractivity contribution in [1.82, 2.24) is 0 Å². The van der Waals surface area contributed by atoms with Crippen LogP contribution in [0.4, 0.5) is 0 Å². The summed E-state index contributed by atoms with van der Waals surface area (Å²) in [5.74, 6) is -7.22. The Kier molecular flexibility index (Phi) is 9.74. The zero-order valence-electron chi connectivity index (χ0n) is 13.1. The fourth-order valence-corrected chi connectivity index (χ4v) is 1.35. The first kappa shape index (κ1) is 22.0. The number of aliphatic carboxylic acids is 4. The lowest BCUT2D eigenvalue weighted by molar-refractivity contribution is -0.159. The van der Waals surface area contributed by atoms with Gasteiger partial charge in [0.05, 0.1) is 0 Å². The van der Waals surface area contributed by atoms with Crippen LogP contribution in [-0.4, -0.2) is 50.1 Å². The number of carbonyl (C=O) groups is 5. The summed E-state index contributed by atoms with van der Waals surface area (Å²) in [7, 11) is 0. The van der Waals surface area contributed by atoms with Gasteiger partial charge >= 0.3 is 23.9 Å². The molecule has 4 N–H and O–H groups in total. The smallest absolute Gasteiger partial charge is 0.414 e. The zero-order valence-corrected chi connectivity index (χ0v) is 13.1. The second-order valence-electron chi connectivity index (χ2n) is 4.28. The molecule has 0 radical (unpaired) electrons. The first-order chi connectivity index (χ1) is 12.2. The molecule has 0 aliphatic rings. The molecule has 0 saturated carbocycles. The Labute approximate surface area is 146 Å². The minimum absolute atomic E-state index is 0.0752. The first-order valence-corrected chi connectivity index (χ1v) is 6.74. The molecule has 0 bridgehead atoms. The Morgan fingerprint density at radius 2 is 0.692 bits per heavy atom. The van der Waals surface area contributed by atoms with Gasteiger partial charge in [0.1, 0.15) is 0 Å². The van der Waals surface area contributed by atoms with Crippen molar-refractivity contribution in [3.05, 3.63) is 71.8 Å². The van der Waals surface area contributed by atoms with Crippen LogP contribution in [0.25, 0.3) is 0 Å². The number of ketones is 1. The summed E-state index contributed by atoms with van der Waals surface area (Å²) in [6, 6.07) is 18.6. The van der Waals surface area contributed by atoms with Crippen molar-refractivity contribution in [1.29, 1.82) is 0 Å². The highest BCUT2D eigenvalue weighted by Crippen LogP contribution is 2.08. The molecule has 0 amide bonds. The number of benzene rings is 2. The van der Waals surface area contributed by atoms with Crippen LogP contribution in [0.5, 0.6) is 0 Å². The molecule has 26 heavy (non-hydrogen) atoms. The van der Waals surface area contributed by atoms with Gasteiger partial charge in [-0.2, -0.15) is 0 Å². The van der Waals surface area contributed by atoms with E-state index in [0.29, 0.717) is 0 Å². The van der Waals surface area contributed by atoms with Crippen molar-refractivity contribution in [2.45, 2.75) is 0 Å². The molecular weight excluding hydrogens is 348 g/mol. The quantitative estimate of drug-likeness (QED) is 0.454. The first-order valence-electron chi connectivity index (χ1n) is 6.74. The van der Waals surface area contributed by atoms with E-state index in [2.05, 4.69) is 0 Å². The molecule has 0 aromatic heterocycles. The number of hydrogen-bond donors (Lipinski definition) is 4. The van der Waals surface area contributed by atoms with Crippen molar-refractivity contribution < 1.29 is 44.4 Å². The summed E-state index contributed by atoms with van der Waals surface area (Å²) in [4.78, 5) is 48.2. The Morgan fingerprint density at radius 1 is 0.462 bits per heavy atom. The van der Waals surface area contributed by atoms with Gasteiger partial charge in [-0.3, -0.25) is 4.79 Å². The molecule has 136 valence electrons. The van der Waals surface area contributed by atoms with Crippen LogP contribution < -0.4 is 0 Å². The van der Waals surface area contributed by atoms with Crippen LogP contribution >= 0.6 is 0 Å². The third-order valence-corrected chi connectivity index (χ3v) is 2.44. The lowest BCUT2D eigenvalue weighted by Gasteiger charge is -1.99. The third kappa shape index (κ3) is 9.20. The summed E-state index contributed by atoms with van der Waals surface area (Å²) in [6.07, 6.45) is 0. The molecule has 0 unspecified atom stereocenters. The average Bonchev–Trinajstić information content (AvgIpc) is 2.63. The molecule has 0 heterocycles. The molecule has 0 saturated heterocycles. The second-order valence-corrected chi connectivity index (χ2v) is 4.28. The van der Waals surface area contributed by atoms with E-state index in [1.54, 1.807) is 0 Å². The highest BCUT2D eigenvalue weighted by atomic mass is 16.4. The van der Waals surface area contributed by atoms with Gasteiger partial charge in [0.25, 0.3) is 0 Å². The van der Waals surface area contributed by atoms with Crippen molar-refractivity contribution in [3.8, 4) is 0 Å². The summed E-state index contributed by atoms with van der Waals surface area (Å²) >= 11 is 0. The molecule has 0 aliphatic carbocycles. The van der Waals surface area contributed by atoms with E-state index in [1.807, 2.05) is 60.7 Å². The van der Waals surface area contributed by atoms with Crippen molar-refractivity contribution in [2.24, 2.45) is 0 Å². The van der Waals surface area contributed by atoms with Crippen LogP contribution in [0, 0.1) is 0 Å². The lowest BCUT2D eigenvalue weighted by atomic mass is 10.0. The molecule has 0 aliphatic heterocycles. The van der Waals surface area contributed by atoms with E-state index >= 15 is 0 Å². The van der Waals surface area contributed by atoms with E-state index in [0.717, 1.165) is 11.1 Å². The zero-order chi connectivity index (χ0) is 20.1. The average molecular weight is 362 g/mol. The van der Waals surface area contributed by atoms with Gasteiger partial charge in [0.15, 0.2) is 5.78 Å². The number of carboxylic acid groups (broad SMARTS) is 4. The summed E-state index contributed by atoms with van der Waals surface area (Å²) in [5.41, 5.74) is 1.47. The molecule has 2 rings (SSSR count). The lowest BCUT2D eigenvalue weighted by Crippen LogP contribution is -2.09. The Bertz CT molecular complexity index is 678. The van der Waals surface area contributed by atoms with Crippen LogP contribution in [0.1, 0.15) is 15.9 Å². The number of rotatable bonds is 2. The van der Waals surface area contributed by atoms with Crippen LogP contribution in [0.2, 0.25) is 0 Å². The van der Waals surface area contributed by atoms with E-state index in [9.17, 15) is 4.79 Å².